The third-order valence-electron chi connectivity index (χ3n) is 2.94. The Morgan fingerprint density at radius 1 is 1.53 bits per heavy atom. The fourth-order valence-corrected chi connectivity index (χ4v) is 2.14. The van der Waals surface area contributed by atoms with Gasteiger partial charge in [-0.2, -0.15) is 0 Å². The van der Waals surface area contributed by atoms with E-state index in [1.165, 1.54) is 12.1 Å². The molecule has 1 aliphatic heterocycles. The molecule has 5 heteroatoms. The fourth-order valence-electron chi connectivity index (χ4n) is 1.95. The van der Waals surface area contributed by atoms with Crippen molar-refractivity contribution in [2.45, 2.75) is 12.6 Å². The van der Waals surface area contributed by atoms with Crippen molar-refractivity contribution in [3.8, 4) is 0 Å². The van der Waals surface area contributed by atoms with Gasteiger partial charge in [0.25, 0.3) is 0 Å². The molecule has 0 aromatic heterocycles. The number of hydrogen-bond donors (Lipinski definition) is 1. The SMILES string of the molecule is OCC1COCCN1Cc1cc(Cl)ccc1F. The van der Waals surface area contributed by atoms with Crippen LogP contribution >= 0.6 is 11.6 Å². The first-order valence-corrected chi connectivity index (χ1v) is 5.95. The highest BCUT2D eigenvalue weighted by atomic mass is 35.5. The van der Waals surface area contributed by atoms with Crippen molar-refractivity contribution >= 4 is 11.6 Å². The summed E-state index contributed by atoms with van der Waals surface area (Å²) in [4.78, 5) is 2.01. The first kappa shape index (κ1) is 12.8. The number of rotatable bonds is 3. The fraction of sp³-hybridized carbons (Fsp3) is 0.500. The summed E-state index contributed by atoms with van der Waals surface area (Å²) in [6.07, 6.45) is 0. The number of aliphatic hydroxyl groups is 1. The lowest BCUT2D eigenvalue weighted by atomic mass is 10.1. The smallest absolute Gasteiger partial charge is 0.127 e. The summed E-state index contributed by atoms with van der Waals surface area (Å²) in [6, 6.07) is 4.46. The van der Waals surface area contributed by atoms with Crippen LogP contribution in [-0.2, 0) is 11.3 Å². The summed E-state index contributed by atoms with van der Waals surface area (Å²) in [6.45, 7) is 2.25. The molecular formula is C12H15ClFNO2. The lowest BCUT2D eigenvalue weighted by Gasteiger charge is -2.34. The molecule has 94 valence electrons. The Kier molecular flexibility index (Phi) is 4.34. The van der Waals surface area contributed by atoms with Gasteiger partial charge in [-0.3, -0.25) is 4.90 Å². The molecule has 0 aliphatic carbocycles. The van der Waals surface area contributed by atoms with Crippen molar-refractivity contribution in [3.05, 3.63) is 34.6 Å². The van der Waals surface area contributed by atoms with Gasteiger partial charge in [-0.1, -0.05) is 11.6 Å². The summed E-state index contributed by atoms with van der Waals surface area (Å²) >= 11 is 5.85. The quantitative estimate of drug-likeness (QED) is 0.896. The second-order valence-electron chi connectivity index (χ2n) is 4.12. The molecule has 1 aromatic carbocycles. The molecule has 1 unspecified atom stereocenters. The number of nitrogens with zero attached hydrogens (tertiary/aromatic N) is 1. The summed E-state index contributed by atoms with van der Waals surface area (Å²) in [7, 11) is 0. The highest BCUT2D eigenvalue weighted by Gasteiger charge is 2.23. The summed E-state index contributed by atoms with van der Waals surface area (Å²) in [5.41, 5.74) is 0.554. The first-order valence-electron chi connectivity index (χ1n) is 5.57. The molecule has 1 fully saturated rings. The molecule has 2 rings (SSSR count). The van der Waals surface area contributed by atoms with E-state index in [4.69, 9.17) is 16.3 Å². The maximum absolute atomic E-state index is 13.6. The topological polar surface area (TPSA) is 32.7 Å². The predicted molar refractivity (Wildman–Crippen MR) is 63.5 cm³/mol. The molecule has 1 N–H and O–H groups in total. The van der Waals surface area contributed by atoms with Crippen LogP contribution in [0.25, 0.3) is 0 Å². The van der Waals surface area contributed by atoms with Crippen LogP contribution in [0.1, 0.15) is 5.56 Å². The van der Waals surface area contributed by atoms with Crippen molar-refractivity contribution in [1.29, 1.82) is 0 Å². The number of hydrogen-bond acceptors (Lipinski definition) is 3. The van der Waals surface area contributed by atoms with E-state index in [-0.39, 0.29) is 18.5 Å². The van der Waals surface area contributed by atoms with E-state index in [2.05, 4.69) is 0 Å². The Balaban J connectivity index is 2.10. The van der Waals surface area contributed by atoms with Crippen molar-refractivity contribution in [1.82, 2.24) is 4.90 Å². The largest absolute Gasteiger partial charge is 0.395 e. The Labute approximate surface area is 105 Å². The van der Waals surface area contributed by atoms with Crippen molar-refractivity contribution < 1.29 is 14.2 Å². The lowest BCUT2D eigenvalue weighted by molar-refractivity contribution is -0.0316. The van der Waals surface area contributed by atoms with Gasteiger partial charge in [0, 0.05) is 23.7 Å². The van der Waals surface area contributed by atoms with Crippen LogP contribution in [0.4, 0.5) is 4.39 Å². The van der Waals surface area contributed by atoms with Gasteiger partial charge in [-0.15, -0.1) is 0 Å². The average molecular weight is 260 g/mol. The van der Waals surface area contributed by atoms with Crippen molar-refractivity contribution in [3.63, 3.8) is 0 Å². The van der Waals surface area contributed by atoms with E-state index in [0.717, 1.165) is 0 Å². The van der Waals surface area contributed by atoms with E-state index in [1.807, 2.05) is 4.90 Å². The van der Waals surface area contributed by atoms with Gasteiger partial charge in [0.15, 0.2) is 0 Å². The first-order chi connectivity index (χ1) is 8.20. The van der Waals surface area contributed by atoms with Gasteiger partial charge < -0.3 is 9.84 Å². The molecule has 0 amide bonds. The monoisotopic (exact) mass is 259 g/mol. The van der Waals surface area contributed by atoms with Crippen LogP contribution < -0.4 is 0 Å². The minimum atomic E-state index is -0.266. The van der Waals surface area contributed by atoms with Gasteiger partial charge in [-0.05, 0) is 18.2 Å². The van der Waals surface area contributed by atoms with E-state index >= 15 is 0 Å². The van der Waals surface area contributed by atoms with Crippen LogP contribution in [0.5, 0.6) is 0 Å². The summed E-state index contributed by atoms with van der Waals surface area (Å²) in [5.74, 6) is -0.266. The highest BCUT2D eigenvalue weighted by molar-refractivity contribution is 6.30. The summed E-state index contributed by atoms with van der Waals surface area (Å²) in [5, 5.41) is 9.75. The Morgan fingerprint density at radius 2 is 2.35 bits per heavy atom. The van der Waals surface area contributed by atoms with Crippen LogP contribution in [0.2, 0.25) is 5.02 Å². The molecular weight excluding hydrogens is 245 g/mol. The van der Waals surface area contributed by atoms with Crippen LogP contribution in [-0.4, -0.2) is 42.4 Å². The maximum Gasteiger partial charge on any atom is 0.127 e. The second kappa shape index (κ2) is 5.78. The minimum Gasteiger partial charge on any atom is -0.395 e. The number of aliphatic hydroxyl groups excluding tert-OH is 1. The zero-order valence-electron chi connectivity index (χ0n) is 9.40. The molecule has 1 heterocycles. The lowest BCUT2D eigenvalue weighted by Crippen LogP contribution is -2.46. The average Bonchev–Trinajstić information content (AvgIpc) is 2.34. The van der Waals surface area contributed by atoms with Gasteiger partial charge in [0.2, 0.25) is 0 Å². The molecule has 17 heavy (non-hydrogen) atoms. The predicted octanol–water partition coefficient (Wildman–Crippen LogP) is 1.67. The number of benzene rings is 1. The number of ether oxygens (including phenoxy) is 1. The highest BCUT2D eigenvalue weighted by Crippen LogP contribution is 2.18. The van der Waals surface area contributed by atoms with Crippen LogP contribution in [0, 0.1) is 5.82 Å². The van der Waals surface area contributed by atoms with E-state index in [9.17, 15) is 9.50 Å². The maximum atomic E-state index is 13.6. The molecule has 1 aromatic rings. The van der Waals surface area contributed by atoms with Gasteiger partial charge in [0.1, 0.15) is 5.82 Å². The van der Waals surface area contributed by atoms with Crippen molar-refractivity contribution in [2.75, 3.05) is 26.4 Å². The van der Waals surface area contributed by atoms with Gasteiger partial charge >= 0.3 is 0 Å². The van der Waals surface area contributed by atoms with Crippen LogP contribution in [0.15, 0.2) is 18.2 Å². The Hall–Kier alpha value is -0.680. The molecule has 1 saturated heterocycles. The third-order valence-corrected chi connectivity index (χ3v) is 3.18. The van der Waals surface area contributed by atoms with Gasteiger partial charge in [0.05, 0.1) is 25.9 Å². The number of halogens is 2. The molecule has 0 spiro atoms. The Morgan fingerprint density at radius 3 is 3.12 bits per heavy atom. The molecule has 1 aliphatic rings. The second-order valence-corrected chi connectivity index (χ2v) is 4.55. The zero-order valence-corrected chi connectivity index (χ0v) is 10.2. The third kappa shape index (κ3) is 3.16. The standard InChI is InChI=1S/C12H15ClFNO2/c13-10-1-2-12(14)9(5-10)6-15-3-4-17-8-11(15)7-16/h1-2,5,11,16H,3-4,6-8H2. The zero-order chi connectivity index (χ0) is 12.3. The molecule has 0 bridgehead atoms. The minimum absolute atomic E-state index is 0.0161. The Bertz CT molecular complexity index is 389. The molecule has 3 nitrogen and oxygen atoms in total. The normalized spacial score (nSPS) is 21.7. The van der Waals surface area contributed by atoms with E-state index in [1.54, 1.807) is 6.07 Å². The van der Waals surface area contributed by atoms with E-state index in [0.29, 0.717) is 36.9 Å². The van der Waals surface area contributed by atoms with Crippen LogP contribution in [0.3, 0.4) is 0 Å². The molecule has 1 atom stereocenters. The van der Waals surface area contributed by atoms with Crippen molar-refractivity contribution in [2.24, 2.45) is 0 Å². The molecule has 0 saturated carbocycles. The van der Waals surface area contributed by atoms with Gasteiger partial charge in [-0.25, -0.2) is 4.39 Å². The van der Waals surface area contributed by atoms with E-state index < -0.39 is 0 Å². The number of morpholine rings is 1. The molecule has 0 radical (unpaired) electrons. The summed E-state index contributed by atoms with van der Waals surface area (Å²) < 4.78 is 18.8.